The van der Waals surface area contributed by atoms with Gasteiger partial charge in [0.25, 0.3) is 0 Å². The first-order valence-electron chi connectivity index (χ1n) is 9.45. The van der Waals surface area contributed by atoms with Gasteiger partial charge in [0.1, 0.15) is 0 Å². The second-order valence-electron chi connectivity index (χ2n) is 7.17. The van der Waals surface area contributed by atoms with Crippen LogP contribution in [0.1, 0.15) is 49.9 Å². The molecule has 0 radical (unpaired) electrons. The Morgan fingerprint density at radius 1 is 1.15 bits per heavy atom. The molecule has 8 heteroatoms. The SMILES string of the molecule is Cc1ccc(NC(=O)CNC(=O)CC2CCCCC2)cc1-n1nnnc1C. The van der Waals surface area contributed by atoms with Crippen LogP contribution in [0, 0.1) is 19.8 Å². The predicted octanol–water partition coefficient (Wildman–Crippen LogP) is 2.30. The van der Waals surface area contributed by atoms with Crippen molar-refractivity contribution in [1.29, 1.82) is 0 Å². The van der Waals surface area contributed by atoms with Gasteiger partial charge in [-0.1, -0.05) is 25.3 Å². The van der Waals surface area contributed by atoms with Crippen LogP contribution >= 0.6 is 0 Å². The summed E-state index contributed by atoms with van der Waals surface area (Å²) in [6.45, 7) is 3.73. The molecule has 0 spiro atoms. The Balaban J connectivity index is 1.53. The largest absolute Gasteiger partial charge is 0.347 e. The Kier molecular flexibility index (Phi) is 6.16. The maximum absolute atomic E-state index is 12.2. The van der Waals surface area contributed by atoms with E-state index >= 15 is 0 Å². The van der Waals surface area contributed by atoms with Crippen LogP contribution in [0.2, 0.25) is 0 Å². The van der Waals surface area contributed by atoms with Crippen molar-refractivity contribution in [3.63, 3.8) is 0 Å². The second-order valence-corrected chi connectivity index (χ2v) is 7.17. The van der Waals surface area contributed by atoms with E-state index in [1.54, 1.807) is 4.68 Å². The summed E-state index contributed by atoms with van der Waals surface area (Å²) in [5.41, 5.74) is 2.43. The minimum Gasteiger partial charge on any atom is -0.347 e. The molecule has 1 aliphatic carbocycles. The van der Waals surface area contributed by atoms with Gasteiger partial charge in [0.2, 0.25) is 11.8 Å². The fraction of sp³-hybridized carbons (Fsp3) is 0.526. The number of nitrogens with one attached hydrogen (secondary N) is 2. The van der Waals surface area contributed by atoms with Crippen LogP contribution in [0.3, 0.4) is 0 Å². The van der Waals surface area contributed by atoms with Gasteiger partial charge in [-0.25, -0.2) is 0 Å². The van der Waals surface area contributed by atoms with Crippen LogP contribution < -0.4 is 10.6 Å². The summed E-state index contributed by atoms with van der Waals surface area (Å²) in [4.78, 5) is 24.2. The molecule has 1 aliphatic rings. The van der Waals surface area contributed by atoms with Gasteiger partial charge in [-0.15, -0.1) is 5.10 Å². The highest BCUT2D eigenvalue weighted by atomic mass is 16.2. The maximum atomic E-state index is 12.2. The lowest BCUT2D eigenvalue weighted by atomic mass is 9.87. The number of aryl methyl sites for hydroxylation is 2. The summed E-state index contributed by atoms with van der Waals surface area (Å²) < 4.78 is 1.62. The van der Waals surface area contributed by atoms with Crippen molar-refractivity contribution in [2.24, 2.45) is 5.92 Å². The number of aromatic nitrogens is 4. The smallest absolute Gasteiger partial charge is 0.243 e. The summed E-state index contributed by atoms with van der Waals surface area (Å²) in [5, 5.41) is 17.0. The second kappa shape index (κ2) is 8.75. The molecular weight excluding hydrogens is 344 g/mol. The van der Waals surface area contributed by atoms with E-state index in [4.69, 9.17) is 0 Å². The fourth-order valence-corrected chi connectivity index (χ4v) is 3.48. The van der Waals surface area contributed by atoms with Gasteiger partial charge in [-0.05, 0) is 60.7 Å². The molecule has 1 aromatic heterocycles. The van der Waals surface area contributed by atoms with E-state index in [9.17, 15) is 9.59 Å². The van der Waals surface area contributed by atoms with Crippen LogP contribution in [0.25, 0.3) is 5.69 Å². The molecule has 0 saturated heterocycles. The molecule has 144 valence electrons. The van der Waals surface area contributed by atoms with Crippen molar-refractivity contribution in [3.8, 4) is 5.69 Å². The van der Waals surface area contributed by atoms with Gasteiger partial charge in [0, 0.05) is 12.1 Å². The monoisotopic (exact) mass is 370 g/mol. The van der Waals surface area contributed by atoms with Gasteiger partial charge in [-0.2, -0.15) is 4.68 Å². The molecule has 2 aromatic rings. The molecule has 8 nitrogen and oxygen atoms in total. The molecule has 2 N–H and O–H groups in total. The van der Waals surface area contributed by atoms with E-state index in [1.807, 2.05) is 32.0 Å². The Hall–Kier alpha value is -2.77. The first-order chi connectivity index (χ1) is 13.0. The number of amides is 2. The lowest BCUT2D eigenvalue weighted by molar-refractivity contribution is -0.125. The number of tetrazole rings is 1. The lowest BCUT2D eigenvalue weighted by Crippen LogP contribution is -2.34. The van der Waals surface area contributed by atoms with Gasteiger partial charge in [0.15, 0.2) is 5.82 Å². The predicted molar refractivity (Wildman–Crippen MR) is 101 cm³/mol. The summed E-state index contributed by atoms with van der Waals surface area (Å²) >= 11 is 0. The van der Waals surface area contributed by atoms with E-state index < -0.39 is 0 Å². The topological polar surface area (TPSA) is 102 Å². The average Bonchev–Trinajstić information content (AvgIpc) is 3.08. The zero-order valence-electron chi connectivity index (χ0n) is 15.9. The summed E-state index contributed by atoms with van der Waals surface area (Å²) in [5.74, 6) is 0.818. The van der Waals surface area contributed by atoms with Crippen molar-refractivity contribution in [1.82, 2.24) is 25.5 Å². The molecule has 1 fully saturated rings. The number of hydrogen-bond donors (Lipinski definition) is 2. The minimum absolute atomic E-state index is 0.0291. The molecule has 2 amide bonds. The highest BCUT2D eigenvalue weighted by molar-refractivity contribution is 5.94. The first-order valence-corrected chi connectivity index (χ1v) is 9.45. The lowest BCUT2D eigenvalue weighted by Gasteiger charge is -2.20. The van der Waals surface area contributed by atoms with Gasteiger partial charge < -0.3 is 10.6 Å². The van der Waals surface area contributed by atoms with Crippen LogP contribution in [-0.2, 0) is 9.59 Å². The Labute approximate surface area is 158 Å². The molecule has 3 rings (SSSR count). The average molecular weight is 370 g/mol. The number of nitrogens with zero attached hydrogens (tertiary/aromatic N) is 4. The Morgan fingerprint density at radius 3 is 2.63 bits per heavy atom. The number of benzene rings is 1. The molecule has 1 saturated carbocycles. The highest BCUT2D eigenvalue weighted by Gasteiger charge is 2.17. The molecular formula is C19H26N6O2. The van der Waals surface area contributed by atoms with Crippen LogP contribution in [0.5, 0.6) is 0 Å². The Morgan fingerprint density at radius 2 is 1.93 bits per heavy atom. The zero-order valence-corrected chi connectivity index (χ0v) is 15.9. The standard InChI is InChI=1S/C19H26N6O2/c1-13-8-9-16(11-17(13)25-14(2)22-23-24-25)21-19(27)12-20-18(26)10-15-6-4-3-5-7-15/h8-9,11,15H,3-7,10,12H2,1-2H3,(H,20,26)(H,21,27). The molecule has 0 atom stereocenters. The zero-order chi connectivity index (χ0) is 19.2. The third-order valence-electron chi connectivity index (χ3n) is 4.99. The normalized spacial score (nSPS) is 14.7. The molecule has 0 aliphatic heterocycles. The summed E-state index contributed by atoms with van der Waals surface area (Å²) in [6, 6.07) is 5.54. The number of carbonyl (C=O) groups is 2. The van der Waals surface area contributed by atoms with E-state index in [2.05, 4.69) is 26.2 Å². The third kappa shape index (κ3) is 5.12. The van der Waals surface area contributed by atoms with Gasteiger partial charge in [0.05, 0.1) is 12.2 Å². The van der Waals surface area contributed by atoms with Crippen LogP contribution in [0.15, 0.2) is 18.2 Å². The van der Waals surface area contributed by atoms with Crippen molar-refractivity contribution in [3.05, 3.63) is 29.6 Å². The van der Waals surface area contributed by atoms with E-state index in [0.29, 0.717) is 23.9 Å². The van der Waals surface area contributed by atoms with Crippen molar-refractivity contribution < 1.29 is 9.59 Å². The minimum atomic E-state index is -0.254. The van der Waals surface area contributed by atoms with Gasteiger partial charge >= 0.3 is 0 Å². The Bertz CT molecular complexity index is 810. The number of hydrogen-bond acceptors (Lipinski definition) is 5. The van der Waals surface area contributed by atoms with Crippen molar-refractivity contribution in [2.45, 2.75) is 52.4 Å². The summed E-state index contributed by atoms with van der Waals surface area (Å²) in [7, 11) is 0. The number of carbonyl (C=O) groups excluding carboxylic acids is 2. The van der Waals surface area contributed by atoms with E-state index in [1.165, 1.54) is 19.3 Å². The molecule has 1 heterocycles. The van der Waals surface area contributed by atoms with Crippen LogP contribution in [0.4, 0.5) is 5.69 Å². The maximum Gasteiger partial charge on any atom is 0.243 e. The molecule has 27 heavy (non-hydrogen) atoms. The highest BCUT2D eigenvalue weighted by Crippen LogP contribution is 2.26. The van der Waals surface area contributed by atoms with E-state index in [0.717, 1.165) is 24.1 Å². The van der Waals surface area contributed by atoms with Crippen LogP contribution in [-0.4, -0.2) is 38.6 Å². The van der Waals surface area contributed by atoms with Crippen molar-refractivity contribution in [2.75, 3.05) is 11.9 Å². The summed E-state index contributed by atoms with van der Waals surface area (Å²) in [6.07, 6.45) is 6.42. The number of anilines is 1. The first kappa shape index (κ1) is 19.0. The quantitative estimate of drug-likeness (QED) is 0.812. The third-order valence-corrected chi connectivity index (χ3v) is 4.99. The molecule has 1 aromatic carbocycles. The molecule has 0 bridgehead atoms. The van der Waals surface area contributed by atoms with Gasteiger partial charge in [-0.3, -0.25) is 9.59 Å². The number of rotatable bonds is 6. The van der Waals surface area contributed by atoms with Crippen molar-refractivity contribution >= 4 is 17.5 Å². The van der Waals surface area contributed by atoms with E-state index in [-0.39, 0.29) is 18.4 Å². The molecule has 0 unspecified atom stereocenters. The fourth-order valence-electron chi connectivity index (χ4n) is 3.48.